The van der Waals surface area contributed by atoms with Crippen molar-refractivity contribution in [3.8, 4) is 0 Å². The summed E-state index contributed by atoms with van der Waals surface area (Å²) in [4.78, 5) is 33.5. The highest BCUT2D eigenvalue weighted by Gasteiger charge is 2.29. The Hall–Kier alpha value is -3.13. The predicted molar refractivity (Wildman–Crippen MR) is 130 cm³/mol. The molecule has 4 aromatic rings. The van der Waals surface area contributed by atoms with Crippen molar-refractivity contribution in [1.29, 1.82) is 0 Å². The number of fused-ring (bicyclic) bond motifs is 3. The summed E-state index contributed by atoms with van der Waals surface area (Å²) < 4.78 is 5.82. The zero-order chi connectivity index (χ0) is 22.4. The lowest BCUT2D eigenvalue weighted by Gasteiger charge is -2.33. The Labute approximate surface area is 193 Å². The summed E-state index contributed by atoms with van der Waals surface area (Å²) in [6, 6.07) is 17.9. The number of imidazole rings is 1. The first-order chi connectivity index (χ1) is 15.4. The third kappa shape index (κ3) is 3.48. The van der Waals surface area contributed by atoms with Gasteiger partial charge in [0.2, 0.25) is 5.95 Å². The van der Waals surface area contributed by atoms with Crippen molar-refractivity contribution in [2.45, 2.75) is 26.4 Å². The molecular weight excluding hydrogens is 470 g/mol. The SMILES string of the molecule is C[C@@H]1CN(c2ccc(Br)cc2)c2nc3c(c(=O)n(CCc4ccccc4)c(=O)n3C)n2C1. The van der Waals surface area contributed by atoms with Crippen LogP contribution in [-0.4, -0.2) is 25.2 Å². The zero-order valence-electron chi connectivity index (χ0n) is 18.0. The van der Waals surface area contributed by atoms with Gasteiger partial charge < -0.3 is 9.47 Å². The number of anilines is 2. The number of benzene rings is 2. The van der Waals surface area contributed by atoms with Gasteiger partial charge in [-0.2, -0.15) is 4.98 Å². The van der Waals surface area contributed by atoms with E-state index in [1.165, 1.54) is 9.13 Å². The smallest absolute Gasteiger partial charge is 0.312 e. The van der Waals surface area contributed by atoms with Gasteiger partial charge in [-0.25, -0.2) is 4.79 Å². The largest absolute Gasteiger partial charge is 0.332 e. The molecule has 0 spiro atoms. The Morgan fingerprint density at radius 3 is 2.47 bits per heavy atom. The van der Waals surface area contributed by atoms with E-state index in [-0.39, 0.29) is 11.2 Å². The van der Waals surface area contributed by atoms with Crippen molar-refractivity contribution in [3.05, 3.63) is 85.5 Å². The number of rotatable bonds is 4. The van der Waals surface area contributed by atoms with Crippen LogP contribution in [-0.2, 0) is 26.6 Å². The van der Waals surface area contributed by atoms with Gasteiger partial charge in [-0.05, 0) is 42.2 Å². The van der Waals surface area contributed by atoms with Gasteiger partial charge in [0.15, 0.2) is 11.2 Å². The molecule has 0 bridgehead atoms. The fraction of sp³-hybridized carbons (Fsp3) is 0.292. The minimum absolute atomic E-state index is 0.275. The summed E-state index contributed by atoms with van der Waals surface area (Å²) in [7, 11) is 1.69. The maximum atomic E-state index is 13.5. The molecule has 0 N–H and O–H groups in total. The average molecular weight is 494 g/mol. The lowest BCUT2D eigenvalue weighted by Crippen LogP contribution is -2.40. The van der Waals surface area contributed by atoms with Crippen molar-refractivity contribution in [2.75, 3.05) is 11.4 Å². The van der Waals surface area contributed by atoms with Crippen molar-refractivity contribution in [1.82, 2.24) is 18.7 Å². The van der Waals surface area contributed by atoms with Crippen LogP contribution in [0.5, 0.6) is 0 Å². The van der Waals surface area contributed by atoms with Crippen LogP contribution in [0, 0.1) is 5.92 Å². The van der Waals surface area contributed by atoms with E-state index >= 15 is 0 Å². The van der Waals surface area contributed by atoms with Crippen LogP contribution < -0.4 is 16.1 Å². The molecule has 1 atom stereocenters. The maximum absolute atomic E-state index is 13.5. The molecule has 3 heterocycles. The van der Waals surface area contributed by atoms with Gasteiger partial charge in [0, 0.05) is 36.8 Å². The first-order valence-corrected chi connectivity index (χ1v) is 11.5. The zero-order valence-corrected chi connectivity index (χ0v) is 19.6. The summed E-state index contributed by atoms with van der Waals surface area (Å²) in [5, 5.41) is 0. The Kier molecular flexibility index (Phi) is 5.25. The Balaban J connectivity index is 1.65. The van der Waals surface area contributed by atoms with E-state index in [1.54, 1.807) is 7.05 Å². The van der Waals surface area contributed by atoms with Crippen molar-refractivity contribution < 1.29 is 0 Å². The molecule has 1 aliphatic heterocycles. The van der Waals surface area contributed by atoms with Crippen LogP contribution in [0.4, 0.5) is 11.6 Å². The normalized spacial score (nSPS) is 15.8. The molecular formula is C24H24BrN5O2. The molecule has 0 unspecified atom stereocenters. The summed E-state index contributed by atoms with van der Waals surface area (Å²) in [5.41, 5.74) is 2.41. The maximum Gasteiger partial charge on any atom is 0.332 e. The van der Waals surface area contributed by atoms with Gasteiger partial charge in [0.25, 0.3) is 5.56 Å². The molecule has 8 heteroatoms. The second kappa shape index (κ2) is 8.09. The minimum Gasteiger partial charge on any atom is -0.312 e. The number of aromatic nitrogens is 4. The van der Waals surface area contributed by atoms with Crippen molar-refractivity contribution >= 4 is 38.7 Å². The Bertz CT molecular complexity index is 1400. The van der Waals surface area contributed by atoms with E-state index in [4.69, 9.17) is 4.98 Å². The molecule has 2 aromatic heterocycles. The topological polar surface area (TPSA) is 65.1 Å². The average Bonchev–Trinajstić information content (AvgIpc) is 3.18. The molecule has 0 radical (unpaired) electrons. The highest BCUT2D eigenvalue weighted by molar-refractivity contribution is 9.10. The third-order valence-electron chi connectivity index (χ3n) is 6.05. The van der Waals surface area contributed by atoms with Crippen LogP contribution in [0.1, 0.15) is 12.5 Å². The Morgan fingerprint density at radius 2 is 1.75 bits per heavy atom. The van der Waals surface area contributed by atoms with Gasteiger partial charge in [-0.1, -0.05) is 53.2 Å². The number of halogens is 1. The van der Waals surface area contributed by atoms with E-state index in [1.807, 2.05) is 59.2 Å². The summed E-state index contributed by atoms with van der Waals surface area (Å²) in [6.45, 7) is 3.97. The molecule has 0 amide bonds. The predicted octanol–water partition coefficient (Wildman–Crippen LogP) is 3.69. The van der Waals surface area contributed by atoms with Gasteiger partial charge in [-0.3, -0.25) is 13.9 Å². The first kappa shape index (κ1) is 20.8. The van der Waals surface area contributed by atoms with E-state index in [2.05, 4.69) is 27.8 Å². The van der Waals surface area contributed by atoms with Gasteiger partial charge in [0.1, 0.15) is 0 Å². The molecule has 32 heavy (non-hydrogen) atoms. The molecule has 0 aliphatic carbocycles. The Morgan fingerprint density at radius 1 is 1.03 bits per heavy atom. The lowest BCUT2D eigenvalue weighted by molar-refractivity contribution is 0.457. The monoisotopic (exact) mass is 493 g/mol. The number of nitrogens with zero attached hydrogens (tertiary/aromatic N) is 5. The van der Waals surface area contributed by atoms with Crippen LogP contribution in [0.3, 0.4) is 0 Å². The highest BCUT2D eigenvalue weighted by atomic mass is 79.9. The number of hydrogen-bond donors (Lipinski definition) is 0. The van der Waals surface area contributed by atoms with E-state index < -0.39 is 0 Å². The van der Waals surface area contributed by atoms with Gasteiger partial charge in [-0.15, -0.1) is 0 Å². The molecule has 1 aliphatic rings. The second-order valence-corrected chi connectivity index (χ2v) is 9.34. The minimum atomic E-state index is -0.336. The van der Waals surface area contributed by atoms with Crippen molar-refractivity contribution in [3.63, 3.8) is 0 Å². The summed E-state index contributed by atoms with van der Waals surface area (Å²) >= 11 is 3.49. The van der Waals surface area contributed by atoms with Gasteiger partial charge >= 0.3 is 5.69 Å². The molecule has 5 rings (SSSR count). The number of hydrogen-bond acceptors (Lipinski definition) is 4. The van der Waals surface area contributed by atoms with Crippen LogP contribution in [0.15, 0.2) is 68.7 Å². The fourth-order valence-corrected chi connectivity index (χ4v) is 4.69. The molecule has 0 fully saturated rings. The third-order valence-corrected chi connectivity index (χ3v) is 6.58. The standard InChI is InChI=1S/C24H24BrN5O2/c1-16-14-29(19-10-8-18(25)9-11-19)23-26-21-20(30(23)15-16)22(31)28(24(32)27(21)2)13-12-17-6-4-3-5-7-17/h3-11,16H,12-15H2,1-2H3/t16-/m1/s1. The molecule has 7 nitrogen and oxygen atoms in total. The van der Waals surface area contributed by atoms with Gasteiger partial charge in [0.05, 0.1) is 0 Å². The van der Waals surface area contributed by atoms with Crippen LogP contribution >= 0.6 is 15.9 Å². The van der Waals surface area contributed by atoms with E-state index in [9.17, 15) is 9.59 Å². The second-order valence-electron chi connectivity index (χ2n) is 8.42. The molecule has 0 saturated carbocycles. The first-order valence-electron chi connectivity index (χ1n) is 10.7. The summed E-state index contributed by atoms with van der Waals surface area (Å²) in [6.07, 6.45) is 0.615. The molecule has 2 aromatic carbocycles. The molecule has 0 saturated heterocycles. The summed E-state index contributed by atoms with van der Waals surface area (Å²) in [5.74, 6) is 1.02. The highest BCUT2D eigenvalue weighted by Crippen LogP contribution is 2.33. The van der Waals surface area contributed by atoms with Crippen LogP contribution in [0.25, 0.3) is 11.2 Å². The lowest BCUT2D eigenvalue weighted by atomic mass is 10.1. The molecule has 164 valence electrons. The number of aryl methyl sites for hydroxylation is 2. The fourth-order valence-electron chi connectivity index (χ4n) is 4.43. The van der Waals surface area contributed by atoms with Crippen molar-refractivity contribution in [2.24, 2.45) is 13.0 Å². The quantitative estimate of drug-likeness (QED) is 0.434. The van der Waals surface area contributed by atoms with Crippen LogP contribution in [0.2, 0.25) is 0 Å². The van der Waals surface area contributed by atoms with E-state index in [0.29, 0.717) is 42.5 Å². The van der Waals surface area contributed by atoms with E-state index in [0.717, 1.165) is 22.3 Å².